The average Bonchev–Trinajstić information content (AvgIpc) is 2.77. The van der Waals surface area contributed by atoms with Gasteiger partial charge in [0.15, 0.2) is 34.9 Å². The Morgan fingerprint density at radius 3 is 2.26 bits per heavy atom. The van der Waals surface area contributed by atoms with Crippen LogP contribution in [0.4, 0.5) is 0 Å². The van der Waals surface area contributed by atoms with E-state index in [0.29, 0.717) is 22.4 Å². The van der Waals surface area contributed by atoms with Gasteiger partial charge >= 0.3 is 0 Å². The summed E-state index contributed by atoms with van der Waals surface area (Å²) in [6.45, 7) is 0. The van der Waals surface area contributed by atoms with Gasteiger partial charge in [-0.05, 0) is 54.1 Å². The highest BCUT2D eigenvalue weighted by Gasteiger charge is 2.34. The molecule has 0 saturated heterocycles. The highest BCUT2D eigenvalue weighted by atomic mass is 16.5. The van der Waals surface area contributed by atoms with Gasteiger partial charge in [-0.3, -0.25) is 4.79 Å². The van der Waals surface area contributed by atoms with Gasteiger partial charge in [0.1, 0.15) is 11.5 Å². The van der Waals surface area contributed by atoms with Crippen molar-refractivity contribution in [1.29, 1.82) is 0 Å². The Labute approximate surface area is 178 Å². The van der Waals surface area contributed by atoms with Gasteiger partial charge in [-0.2, -0.15) is 0 Å². The molecule has 158 valence electrons. The van der Waals surface area contributed by atoms with E-state index in [0.717, 1.165) is 0 Å². The third-order valence-electron chi connectivity index (χ3n) is 5.03. The van der Waals surface area contributed by atoms with Gasteiger partial charge in [-0.25, -0.2) is 0 Å². The number of benzene rings is 3. The van der Waals surface area contributed by atoms with Gasteiger partial charge < -0.3 is 29.5 Å². The number of ketones is 1. The number of fused-ring (bicyclic) bond motifs is 1. The predicted molar refractivity (Wildman–Crippen MR) is 113 cm³/mol. The SMILES string of the molecule is COc1cc(/C=C2\C(=O)c3cc(O)ccc3OC2c2ccc(O)c(OC)c2)ccc1O. The summed E-state index contributed by atoms with van der Waals surface area (Å²) in [7, 11) is 2.87. The number of hydrogen-bond acceptors (Lipinski definition) is 7. The Kier molecular flexibility index (Phi) is 5.17. The molecule has 1 aliphatic rings. The second-order valence-corrected chi connectivity index (χ2v) is 6.97. The molecule has 1 aliphatic heterocycles. The van der Waals surface area contributed by atoms with Gasteiger partial charge in [0, 0.05) is 11.1 Å². The third kappa shape index (κ3) is 3.73. The molecular formula is C24H20O7. The van der Waals surface area contributed by atoms with Crippen molar-refractivity contribution in [3.63, 3.8) is 0 Å². The lowest BCUT2D eigenvalue weighted by Gasteiger charge is -2.28. The molecule has 0 bridgehead atoms. The molecule has 3 N–H and O–H groups in total. The predicted octanol–water partition coefficient (Wildman–Crippen LogP) is 4.22. The lowest BCUT2D eigenvalue weighted by atomic mass is 9.89. The van der Waals surface area contributed by atoms with E-state index in [9.17, 15) is 20.1 Å². The Morgan fingerprint density at radius 1 is 0.871 bits per heavy atom. The van der Waals surface area contributed by atoms with Crippen LogP contribution < -0.4 is 14.2 Å². The maximum absolute atomic E-state index is 13.4. The van der Waals surface area contributed by atoms with Crippen LogP contribution in [-0.2, 0) is 0 Å². The summed E-state index contributed by atoms with van der Waals surface area (Å²) in [4.78, 5) is 13.4. The van der Waals surface area contributed by atoms with E-state index in [2.05, 4.69) is 0 Å². The van der Waals surface area contributed by atoms with Crippen molar-refractivity contribution in [2.45, 2.75) is 6.10 Å². The number of phenols is 3. The summed E-state index contributed by atoms with van der Waals surface area (Å²) in [5.74, 6) is 0.418. The number of hydrogen-bond donors (Lipinski definition) is 3. The van der Waals surface area contributed by atoms with E-state index >= 15 is 0 Å². The molecule has 31 heavy (non-hydrogen) atoms. The van der Waals surface area contributed by atoms with Crippen molar-refractivity contribution in [2.75, 3.05) is 14.2 Å². The summed E-state index contributed by atoms with van der Waals surface area (Å²) in [6.07, 6.45) is 0.847. The summed E-state index contributed by atoms with van der Waals surface area (Å²) < 4.78 is 16.5. The maximum Gasteiger partial charge on any atom is 0.196 e. The maximum atomic E-state index is 13.4. The summed E-state index contributed by atoms with van der Waals surface area (Å²) in [5.41, 5.74) is 1.75. The van der Waals surface area contributed by atoms with Crippen LogP contribution in [0.3, 0.4) is 0 Å². The molecule has 1 atom stereocenters. The fourth-order valence-electron chi connectivity index (χ4n) is 3.47. The zero-order valence-corrected chi connectivity index (χ0v) is 16.8. The topological polar surface area (TPSA) is 105 Å². The summed E-state index contributed by atoms with van der Waals surface area (Å²) >= 11 is 0. The van der Waals surface area contributed by atoms with Crippen LogP contribution in [0.5, 0.6) is 34.5 Å². The number of aromatic hydroxyl groups is 3. The Morgan fingerprint density at radius 2 is 1.55 bits per heavy atom. The smallest absolute Gasteiger partial charge is 0.196 e. The van der Waals surface area contributed by atoms with Gasteiger partial charge in [-0.1, -0.05) is 12.1 Å². The van der Waals surface area contributed by atoms with Crippen LogP contribution >= 0.6 is 0 Å². The molecule has 0 fully saturated rings. The number of phenolic OH excluding ortho intramolecular Hbond substituents is 3. The molecule has 0 saturated carbocycles. The molecule has 0 spiro atoms. The fraction of sp³-hybridized carbons (Fsp3) is 0.125. The van der Waals surface area contributed by atoms with E-state index in [-0.39, 0.29) is 40.1 Å². The minimum absolute atomic E-state index is 0.0223. The van der Waals surface area contributed by atoms with Gasteiger partial charge in [0.2, 0.25) is 0 Å². The summed E-state index contributed by atoms with van der Waals surface area (Å²) in [5, 5.41) is 29.7. The minimum Gasteiger partial charge on any atom is -0.508 e. The third-order valence-corrected chi connectivity index (χ3v) is 5.03. The van der Waals surface area contributed by atoms with E-state index < -0.39 is 6.10 Å². The van der Waals surface area contributed by atoms with Crippen LogP contribution in [0.15, 0.2) is 60.2 Å². The van der Waals surface area contributed by atoms with Gasteiger partial charge in [0.05, 0.1) is 19.8 Å². The molecular weight excluding hydrogens is 400 g/mol. The van der Waals surface area contributed by atoms with Crippen LogP contribution in [0.25, 0.3) is 6.08 Å². The molecule has 0 amide bonds. The number of Topliss-reactive ketones (excluding diaryl/α,β-unsaturated/α-hetero) is 1. The Balaban J connectivity index is 1.88. The average molecular weight is 420 g/mol. The van der Waals surface area contributed by atoms with Gasteiger partial charge in [0.25, 0.3) is 0 Å². The lowest BCUT2D eigenvalue weighted by Crippen LogP contribution is -2.23. The summed E-state index contributed by atoms with van der Waals surface area (Å²) in [6, 6.07) is 13.8. The molecule has 0 radical (unpaired) electrons. The molecule has 3 aromatic rings. The van der Waals surface area contributed by atoms with Crippen LogP contribution in [0, 0.1) is 0 Å². The second kappa shape index (κ2) is 7.95. The number of carbonyl (C=O) groups excluding carboxylic acids is 1. The van der Waals surface area contributed by atoms with Crippen LogP contribution in [0.2, 0.25) is 0 Å². The van der Waals surface area contributed by atoms with Crippen molar-refractivity contribution < 1.29 is 34.3 Å². The first-order chi connectivity index (χ1) is 14.9. The van der Waals surface area contributed by atoms with E-state index in [1.54, 1.807) is 30.3 Å². The molecule has 1 heterocycles. The quantitative estimate of drug-likeness (QED) is 0.543. The molecule has 7 nitrogen and oxygen atoms in total. The molecule has 1 unspecified atom stereocenters. The monoisotopic (exact) mass is 420 g/mol. The first-order valence-corrected chi connectivity index (χ1v) is 9.41. The number of rotatable bonds is 4. The normalized spacial score (nSPS) is 16.5. The van der Waals surface area contributed by atoms with E-state index in [4.69, 9.17) is 14.2 Å². The zero-order chi connectivity index (χ0) is 22.1. The zero-order valence-electron chi connectivity index (χ0n) is 16.8. The first kappa shape index (κ1) is 20.2. The minimum atomic E-state index is -0.793. The Hall–Kier alpha value is -4.13. The largest absolute Gasteiger partial charge is 0.508 e. The number of carbonyl (C=O) groups is 1. The highest BCUT2D eigenvalue weighted by molar-refractivity contribution is 6.15. The van der Waals surface area contributed by atoms with Crippen molar-refractivity contribution in [3.05, 3.63) is 76.9 Å². The fourth-order valence-corrected chi connectivity index (χ4v) is 3.47. The van der Waals surface area contributed by atoms with E-state index in [1.807, 2.05) is 0 Å². The Bertz CT molecular complexity index is 1200. The van der Waals surface area contributed by atoms with Crippen molar-refractivity contribution in [3.8, 4) is 34.5 Å². The van der Waals surface area contributed by atoms with Crippen molar-refractivity contribution in [1.82, 2.24) is 0 Å². The number of ether oxygens (including phenoxy) is 3. The van der Waals surface area contributed by atoms with Crippen molar-refractivity contribution >= 4 is 11.9 Å². The van der Waals surface area contributed by atoms with Crippen LogP contribution in [-0.4, -0.2) is 35.3 Å². The first-order valence-electron chi connectivity index (χ1n) is 9.41. The van der Waals surface area contributed by atoms with Crippen LogP contribution in [0.1, 0.15) is 27.6 Å². The molecule has 4 rings (SSSR count). The van der Waals surface area contributed by atoms with E-state index in [1.165, 1.54) is 44.6 Å². The molecule has 0 aromatic heterocycles. The standard InChI is InChI=1S/C24H20O7/c1-29-21-10-13(3-6-18(21)26)9-17-23(28)16-12-15(25)5-8-20(16)31-24(17)14-4-7-19(27)22(11-14)30-2/h3-12,24-27H,1-2H3/b17-9+. The highest BCUT2D eigenvalue weighted by Crippen LogP contribution is 2.42. The lowest BCUT2D eigenvalue weighted by molar-refractivity contribution is 0.0962. The number of methoxy groups -OCH3 is 2. The molecule has 7 heteroatoms. The van der Waals surface area contributed by atoms with Crippen molar-refractivity contribution in [2.24, 2.45) is 0 Å². The molecule has 3 aromatic carbocycles. The second-order valence-electron chi connectivity index (χ2n) is 6.97. The van der Waals surface area contributed by atoms with Gasteiger partial charge in [-0.15, -0.1) is 0 Å². The molecule has 0 aliphatic carbocycles.